The number of benzene rings is 2. The highest BCUT2D eigenvalue weighted by Gasteiger charge is 2.53. The number of halogens is 3. The highest BCUT2D eigenvalue weighted by molar-refractivity contribution is 9.10. The van der Waals surface area contributed by atoms with Gasteiger partial charge < -0.3 is 4.74 Å². The smallest absolute Gasteiger partial charge is 0.168 e. The van der Waals surface area contributed by atoms with Crippen LogP contribution in [0.5, 0.6) is 11.5 Å². The lowest BCUT2D eigenvalue weighted by atomic mass is 10.3. The molecule has 0 saturated heterocycles. The number of rotatable bonds is 4. The first-order chi connectivity index (χ1) is 11.3. The first kappa shape index (κ1) is 16.9. The van der Waals surface area contributed by atoms with E-state index in [1.54, 1.807) is 0 Å². The molecule has 1 aliphatic rings. The molecule has 1 saturated carbocycles. The fourth-order valence-electron chi connectivity index (χ4n) is 2.22. The molecule has 8 heteroatoms. The van der Waals surface area contributed by atoms with E-state index >= 15 is 0 Å². The monoisotopic (exact) mass is 412 g/mol. The molecular weight excluding hydrogens is 402 g/mol. The highest BCUT2D eigenvalue weighted by Crippen LogP contribution is 2.47. The molecule has 3 rings (SSSR count). The Hall–Kier alpha value is -1.98. The van der Waals surface area contributed by atoms with E-state index in [-0.39, 0.29) is 16.4 Å². The topological polar surface area (TPSA) is 73.9 Å². The third-order valence-corrected chi connectivity index (χ3v) is 6.94. The maximum Gasteiger partial charge on any atom is 0.168 e. The van der Waals surface area contributed by atoms with Crippen molar-refractivity contribution in [1.82, 2.24) is 0 Å². The summed E-state index contributed by atoms with van der Waals surface area (Å²) in [5, 5.41) is 9.17. The normalized spacial score (nSPS) is 17.6. The van der Waals surface area contributed by atoms with Gasteiger partial charge in [0.15, 0.2) is 11.6 Å². The molecule has 24 heavy (non-hydrogen) atoms. The van der Waals surface area contributed by atoms with Crippen LogP contribution >= 0.6 is 15.9 Å². The largest absolute Gasteiger partial charge is 0.453 e. The Morgan fingerprint density at radius 3 is 2.42 bits per heavy atom. The molecule has 1 atom stereocenters. The van der Waals surface area contributed by atoms with E-state index in [0.717, 1.165) is 12.1 Å². The van der Waals surface area contributed by atoms with Gasteiger partial charge in [-0.3, -0.25) is 0 Å². The van der Waals surface area contributed by atoms with Gasteiger partial charge in [0.25, 0.3) is 0 Å². The van der Waals surface area contributed by atoms with Crippen molar-refractivity contribution in [1.29, 1.82) is 10.0 Å². The summed E-state index contributed by atoms with van der Waals surface area (Å²) in [7, 11) is -3.27. The molecule has 1 N–H and O–H groups in total. The molecule has 0 heterocycles. The van der Waals surface area contributed by atoms with E-state index < -0.39 is 26.1 Å². The van der Waals surface area contributed by atoms with Crippen LogP contribution in [0, 0.1) is 27.7 Å². The van der Waals surface area contributed by atoms with E-state index in [9.17, 15) is 13.0 Å². The summed E-state index contributed by atoms with van der Waals surface area (Å²) in [5.74, 6) is -1.50. The molecule has 2 aromatic carbocycles. The second kappa shape index (κ2) is 5.83. The molecule has 0 amide bonds. The van der Waals surface area contributed by atoms with Crippen LogP contribution in [0.3, 0.4) is 0 Å². The van der Waals surface area contributed by atoms with Crippen LogP contribution in [0.1, 0.15) is 12.8 Å². The lowest BCUT2D eigenvalue weighted by Gasteiger charge is -2.14. The van der Waals surface area contributed by atoms with E-state index in [1.807, 2.05) is 6.07 Å². The standard InChI is InChI=1S/C16H11BrF2N2O2S/c17-12-8-11(24(21,22)16(9-20)5-6-16)2-4-14(12)23-15-3-1-10(18)7-13(15)19/h1-4,7-8,21H,5-6H2. The van der Waals surface area contributed by atoms with Crippen molar-refractivity contribution >= 4 is 25.7 Å². The van der Waals surface area contributed by atoms with Crippen molar-refractivity contribution in [2.24, 2.45) is 0 Å². The summed E-state index contributed by atoms with van der Waals surface area (Å²) in [6.07, 6.45) is 0.866. The predicted octanol–water partition coefficient (Wildman–Crippen LogP) is 4.98. The zero-order valence-electron chi connectivity index (χ0n) is 12.2. The maximum atomic E-state index is 13.7. The van der Waals surface area contributed by atoms with Crippen LogP contribution in [0.15, 0.2) is 45.8 Å². The molecule has 0 spiro atoms. The molecule has 0 radical (unpaired) electrons. The fourth-order valence-corrected chi connectivity index (χ4v) is 4.63. The van der Waals surface area contributed by atoms with E-state index in [4.69, 9.17) is 14.8 Å². The van der Waals surface area contributed by atoms with Gasteiger partial charge in [-0.2, -0.15) is 5.26 Å². The van der Waals surface area contributed by atoms with Crippen molar-refractivity contribution in [2.45, 2.75) is 22.5 Å². The molecule has 124 valence electrons. The second-order valence-corrected chi connectivity index (χ2v) is 8.65. The number of hydrogen-bond donors (Lipinski definition) is 1. The van der Waals surface area contributed by atoms with Gasteiger partial charge in [-0.25, -0.2) is 17.8 Å². The third kappa shape index (κ3) is 2.78. The van der Waals surface area contributed by atoms with Gasteiger partial charge in [0.1, 0.15) is 16.3 Å². The Morgan fingerprint density at radius 1 is 1.21 bits per heavy atom. The van der Waals surface area contributed by atoms with Crippen LogP contribution in [0.4, 0.5) is 8.78 Å². The minimum absolute atomic E-state index is 0.160. The Kier molecular flexibility index (Phi) is 4.10. The van der Waals surface area contributed by atoms with Gasteiger partial charge in [0, 0.05) is 6.07 Å². The van der Waals surface area contributed by atoms with Crippen LogP contribution in [0.25, 0.3) is 0 Å². The van der Waals surface area contributed by atoms with Gasteiger partial charge in [0.05, 0.1) is 25.2 Å². The number of nitriles is 1. The van der Waals surface area contributed by atoms with Gasteiger partial charge >= 0.3 is 0 Å². The second-order valence-electron chi connectivity index (χ2n) is 5.43. The van der Waals surface area contributed by atoms with Crippen molar-refractivity contribution in [3.05, 3.63) is 52.5 Å². The van der Waals surface area contributed by atoms with Crippen molar-refractivity contribution in [3.63, 3.8) is 0 Å². The number of hydrogen-bond acceptors (Lipinski definition) is 4. The molecule has 1 fully saturated rings. The molecule has 4 nitrogen and oxygen atoms in total. The quantitative estimate of drug-likeness (QED) is 0.768. The Bertz CT molecular complexity index is 967. The zero-order valence-corrected chi connectivity index (χ0v) is 14.6. The summed E-state index contributed by atoms with van der Waals surface area (Å²) >= 11 is 3.23. The number of nitrogens with one attached hydrogen (secondary N) is 1. The molecular formula is C16H11BrF2N2O2S. The Balaban J connectivity index is 1.92. The van der Waals surface area contributed by atoms with Gasteiger partial charge in [-0.15, -0.1) is 0 Å². The van der Waals surface area contributed by atoms with Crippen molar-refractivity contribution in [2.75, 3.05) is 0 Å². The van der Waals surface area contributed by atoms with E-state index in [0.29, 0.717) is 23.4 Å². The Morgan fingerprint density at radius 2 is 1.88 bits per heavy atom. The van der Waals surface area contributed by atoms with Crippen LogP contribution in [-0.2, 0) is 9.73 Å². The molecule has 0 aromatic heterocycles. The SMILES string of the molecule is N#CC1(S(=N)(=O)c2ccc(Oc3ccc(F)cc3F)c(Br)c2)CC1. The molecule has 2 aromatic rings. The summed E-state index contributed by atoms with van der Waals surface area (Å²) < 4.78 is 52.0. The summed E-state index contributed by atoms with van der Waals surface area (Å²) in [6.45, 7) is 0. The van der Waals surface area contributed by atoms with Crippen molar-refractivity contribution in [3.8, 4) is 17.6 Å². The van der Waals surface area contributed by atoms with Crippen LogP contribution < -0.4 is 4.74 Å². The number of nitrogens with zero attached hydrogens (tertiary/aromatic N) is 1. The van der Waals surface area contributed by atoms with Crippen LogP contribution in [0.2, 0.25) is 0 Å². The molecule has 0 bridgehead atoms. The molecule has 0 aliphatic heterocycles. The predicted molar refractivity (Wildman–Crippen MR) is 87.3 cm³/mol. The zero-order chi connectivity index (χ0) is 17.5. The van der Waals surface area contributed by atoms with E-state index in [2.05, 4.69) is 15.9 Å². The van der Waals surface area contributed by atoms with Crippen molar-refractivity contribution < 1.29 is 17.7 Å². The first-order valence-corrected chi connectivity index (χ1v) is 9.26. The van der Waals surface area contributed by atoms with E-state index in [1.165, 1.54) is 18.2 Å². The minimum Gasteiger partial charge on any atom is -0.453 e. The fraction of sp³-hybridized carbons (Fsp3) is 0.188. The van der Waals surface area contributed by atoms with Gasteiger partial charge in [-0.05, 0) is 59.1 Å². The third-order valence-electron chi connectivity index (χ3n) is 3.81. The lowest BCUT2D eigenvalue weighted by molar-refractivity contribution is 0.435. The summed E-state index contributed by atoms with van der Waals surface area (Å²) in [4.78, 5) is 0.209. The first-order valence-electron chi connectivity index (χ1n) is 6.91. The highest BCUT2D eigenvalue weighted by atomic mass is 79.9. The van der Waals surface area contributed by atoms with Gasteiger partial charge in [-0.1, -0.05) is 0 Å². The van der Waals surface area contributed by atoms with Gasteiger partial charge in [0.2, 0.25) is 0 Å². The average Bonchev–Trinajstić information content (AvgIpc) is 3.33. The summed E-state index contributed by atoms with van der Waals surface area (Å²) in [6, 6.07) is 9.21. The summed E-state index contributed by atoms with van der Waals surface area (Å²) in [5.41, 5.74) is 0. The lowest BCUT2D eigenvalue weighted by Crippen LogP contribution is -2.19. The molecule has 1 unspecified atom stereocenters. The van der Waals surface area contributed by atoms with Crippen LogP contribution in [-0.4, -0.2) is 8.96 Å². The number of ether oxygens (including phenoxy) is 1. The average molecular weight is 413 g/mol. The molecule has 1 aliphatic carbocycles. The minimum atomic E-state index is -3.27. The Labute approximate surface area is 146 Å². The maximum absolute atomic E-state index is 13.7.